The minimum atomic E-state index is 0.424. The van der Waals surface area contributed by atoms with Crippen LogP contribution in [0.2, 0.25) is 0 Å². The molecule has 0 bridgehead atoms. The zero-order valence-electron chi connectivity index (χ0n) is 15.8. The zero-order chi connectivity index (χ0) is 18.6. The Morgan fingerprint density at radius 2 is 2.07 bits per heavy atom. The van der Waals surface area contributed by atoms with Crippen molar-refractivity contribution in [2.45, 2.75) is 32.6 Å². The van der Waals surface area contributed by atoms with E-state index >= 15 is 0 Å². The van der Waals surface area contributed by atoms with E-state index in [0.717, 1.165) is 54.5 Å². The van der Waals surface area contributed by atoms with Crippen LogP contribution in [-0.2, 0) is 6.42 Å². The fourth-order valence-corrected chi connectivity index (χ4v) is 3.43. The second-order valence-corrected chi connectivity index (χ2v) is 7.03. The van der Waals surface area contributed by atoms with Crippen molar-refractivity contribution in [3.05, 3.63) is 65.7 Å². The first-order valence-corrected chi connectivity index (χ1v) is 9.44. The first-order valence-electron chi connectivity index (χ1n) is 9.44. The Hall–Kier alpha value is -2.95. The van der Waals surface area contributed by atoms with Gasteiger partial charge < -0.3 is 10.1 Å². The summed E-state index contributed by atoms with van der Waals surface area (Å²) >= 11 is 0. The Balaban J connectivity index is 1.39. The van der Waals surface area contributed by atoms with Gasteiger partial charge in [0.2, 0.25) is 0 Å². The molecule has 5 heteroatoms. The van der Waals surface area contributed by atoms with Crippen LogP contribution in [0.1, 0.15) is 36.1 Å². The molecule has 3 aromatic rings. The van der Waals surface area contributed by atoms with E-state index < -0.39 is 0 Å². The maximum atomic E-state index is 5.84. The molecule has 0 fully saturated rings. The third-order valence-electron chi connectivity index (χ3n) is 5.03. The summed E-state index contributed by atoms with van der Waals surface area (Å²) < 4.78 is 5.84. The molecule has 0 spiro atoms. The first-order chi connectivity index (χ1) is 13.2. The molecule has 0 radical (unpaired) electrons. The molecule has 2 aromatic heterocycles. The summed E-state index contributed by atoms with van der Waals surface area (Å²) in [5.41, 5.74) is 5.51. The van der Waals surface area contributed by atoms with Crippen LogP contribution >= 0.6 is 0 Å². The van der Waals surface area contributed by atoms with E-state index in [9.17, 15) is 0 Å². The number of aromatic nitrogens is 3. The van der Waals surface area contributed by atoms with Gasteiger partial charge in [-0.05, 0) is 42.5 Å². The Morgan fingerprint density at radius 1 is 1.15 bits per heavy atom. The van der Waals surface area contributed by atoms with Gasteiger partial charge in [0.05, 0.1) is 12.3 Å². The first kappa shape index (κ1) is 17.5. The van der Waals surface area contributed by atoms with Gasteiger partial charge in [0.25, 0.3) is 0 Å². The van der Waals surface area contributed by atoms with Crippen molar-refractivity contribution in [3.8, 4) is 17.0 Å². The lowest BCUT2D eigenvalue weighted by Crippen LogP contribution is -2.08. The van der Waals surface area contributed by atoms with Gasteiger partial charge in [-0.3, -0.25) is 4.98 Å². The van der Waals surface area contributed by atoms with Gasteiger partial charge in [0.1, 0.15) is 17.9 Å². The van der Waals surface area contributed by atoms with Crippen molar-refractivity contribution in [2.24, 2.45) is 0 Å². The highest BCUT2D eigenvalue weighted by atomic mass is 16.5. The van der Waals surface area contributed by atoms with E-state index in [2.05, 4.69) is 45.4 Å². The van der Waals surface area contributed by atoms with Gasteiger partial charge in [0, 0.05) is 36.5 Å². The summed E-state index contributed by atoms with van der Waals surface area (Å²) in [6, 6.07) is 12.5. The molecule has 1 N–H and O–H groups in total. The Labute approximate surface area is 159 Å². The Kier molecular flexibility index (Phi) is 5.01. The molecule has 1 aliphatic rings. The lowest BCUT2D eigenvalue weighted by Gasteiger charge is -2.16. The average molecular weight is 360 g/mol. The van der Waals surface area contributed by atoms with E-state index in [1.54, 1.807) is 6.33 Å². The van der Waals surface area contributed by atoms with Crippen LogP contribution in [-0.4, -0.2) is 28.1 Å². The van der Waals surface area contributed by atoms with E-state index in [0.29, 0.717) is 5.92 Å². The standard InChI is InChI=1S/C22H24N4O/c1-15(19-5-3-4-17-9-11-27-22(17)19)8-10-23-21-12-20(25-14-26-21)18-7-6-16(2)24-13-18/h3-7,12-15H,8-11H2,1-2H3,(H,23,25,26). The van der Waals surface area contributed by atoms with Crippen molar-refractivity contribution in [1.82, 2.24) is 15.0 Å². The predicted octanol–water partition coefficient (Wildman–Crippen LogP) is 4.39. The van der Waals surface area contributed by atoms with Crippen LogP contribution in [0.5, 0.6) is 5.75 Å². The number of nitrogens with one attached hydrogen (secondary N) is 1. The van der Waals surface area contributed by atoms with E-state index in [1.165, 1.54) is 11.1 Å². The highest BCUT2D eigenvalue weighted by Crippen LogP contribution is 2.35. The molecule has 1 atom stereocenters. The second-order valence-electron chi connectivity index (χ2n) is 7.03. The number of rotatable bonds is 6. The molecule has 0 saturated carbocycles. The van der Waals surface area contributed by atoms with Crippen molar-refractivity contribution >= 4 is 5.82 Å². The van der Waals surface area contributed by atoms with E-state index in [1.807, 2.05) is 31.3 Å². The number of hydrogen-bond acceptors (Lipinski definition) is 5. The van der Waals surface area contributed by atoms with Crippen molar-refractivity contribution < 1.29 is 4.74 Å². The molecule has 138 valence electrons. The molecule has 0 saturated heterocycles. The van der Waals surface area contributed by atoms with Gasteiger partial charge in [-0.15, -0.1) is 0 Å². The third kappa shape index (κ3) is 3.92. The van der Waals surface area contributed by atoms with Crippen LogP contribution in [0.4, 0.5) is 5.82 Å². The van der Waals surface area contributed by atoms with Gasteiger partial charge in [0.15, 0.2) is 0 Å². The molecule has 1 aliphatic heterocycles. The zero-order valence-corrected chi connectivity index (χ0v) is 15.8. The maximum Gasteiger partial charge on any atom is 0.129 e. The van der Waals surface area contributed by atoms with Crippen LogP contribution in [0, 0.1) is 6.92 Å². The van der Waals surface area contributed by atoms with E-state index in [4.69, 9.17) is 4.74 Å². The normalized spacial score (nSPS) is 13.7. The second kappa shape index (κ2) is 7.74. The molecular formula is C22H24N4O. The number of para-hydroxylation sites is 1. The monoisotopic (exact) mass is 360 g/mol. The summed E-state index contributed by atoms with van der Waals surface area (Å²) in [5.74, 6) is 2.36. The summed E-state index contributed by atoms with van der Waals surface area (Å²) in [4.78, 5) is 13.0. The van der Waals surface area contributed by atoms with Crippen LogP contribution in [0.3, 0.4) is 0 Å². The number of aryl methyl sites for hydroxylation is 1. The Bertz CT molecular complexity index is 924. The summed E-state index contributed by atoms with van der Waals surface area (Å²) in [6.07, 6.45) is 5.47. The third-order valence-corrected chi connectivity index (χ3v) is 5.03. The highest BCUT2D eigenvalue weighted by Gasteiger charge is 2.19. The molecule has 1 aromatic carbocycles. The molecule has 0 amide bonds. The molecule has 4 rings (SSSR count). The number of ether oxygens (including phenoxy) is 1. The number of benzene rings is 1. The molecule has 0 aliphatic carbocycles. The summed E-state index contributed by atoms with van der Waals surface area (Å²) in [7, 11) is 0. The fraction of sp³-hybridized carbons (Fsp3) is 0.318. The van der Waals surface area contributed by atoms with Crippen molar-refractivity contribution in [1.29, 1.82) is 0 Å². The van der Waals surface area contributed by atoms with Gasteiger partial charge in [-0.2, -0.15) is 0 Å². The number of pyridine rings is 1. The summed E-state index contributed by atoms with van der Waals surface area (Å²) in [5, 5.41) is 3.42. The molecule has 27 heavy (non-hydrogen) atoms. The van der Waals surface area contributed by atoms with Crippen LogP contribution in [0.15, 0.2) is 48.9 Å². The Morgan fingerprint density at radius 3 is 2.93 bits per heavy atom. The number of nitrogens with zero attached hydrogens (tertiary/aromatic N) is 3. The van der Waals surface area contributed by atoms with Gasteiger partial charge >= 0.3 is 0 Å². The number of fused-ring (bicyclic) bond motifs is 1. The van der Waals surface area contributed by atoms with Crippen LogP contribution in [0.25, 0.3) is 11.3 Å². The smallest absolute Gasteiger partial charge is 0.129 e. The fourth-order valence-electron chi connectivity index (χ4n) is 3.43. The minimum absolute atomic E-state index is 0.424. The lowest BCUT2D eigenvalue weighted by atomic mass is 9.95. The molecule has 1 unspecified atom stereocenters. The van der Waals surface area contributed by atoms with Crippen molar-refractivity contribution in [3.63, 3.8) is 0 Å². The molecule has 3 heterocycles. The number of anilines is 1. The quantitative estimate of drug-likeness (QED) is 0.706. The molecule has 5 nitrogen and oxygen atoms in total. The van der Waals surface area contributed by atoms with Crippen molar-refractivity contribution in [2.75, 3.05) is 18.5 Å². The predicted molar refractivity (Wildman–Crippen MR) is 107 cm³/mol. The number of hydrogen-bond donors (Lipinski definition) is 1. The van der Waals surface area contributed by atoms with Crippen LogP contribution < -0.4 is 10.1 Å². The van der Waals surface area contributed by atoms with E-state index in [-0.39, 0.29) is 0 Å². The summed E-state index contributed by atoms with van der Waals surface area (Å²) in [6.45, 7) is 5.87. The highest BCUT2D eigenvalue weighted by molar-refractivity contribution is 5.61. The lowest BCUT2D eigenvalue weighted by molar-refractivity contribution is 0.351. The van der Waals surface area contributed by atoms with Gasteiger partial charge in [-0.25, -0.2) is 9.97 Å². The topological polar surface area (TPSA) is 59.9 Å². The SMILES string of the molecule is Cc1ccc(-c2cc(NCCC(C)c3cccc4c3OCC4)ncn2)cn1. The minimum Gasteiger partial charge on any atom is -0.493 e. The maximum absolute atomic E-state index is 5.84. The largest absolute Gasteiger partial charge is 0.493 e. The van der Waals surface area contributed by atoms with Gasteiger partial charge in [-0.1, -0.05) is 25.1 Å². The average Bonchev–Trinajstić information content (AvgIpc) is 3.17. The molecular weight excluding hydrogens is 336 g/mol.